The molecule has 150 valence electrons. The van der Waals surface area contributed by atoms with Gasteiger partial charge in [0.25, 0.3) is 0 Å². The van der Waals surface area contributed by atoms with Crippen LogP contribution in [0.2, 0.25) is 0 Å². The molecular weight excluding hydrogens is 338 g/mol. The molecule has 0 bridgehead atoms. The minimum atomic E-state index is 0.182. The van der Waals surface area contributed by atoms with Crippen LogP contribution in [0.15, 0.2) is 24.3 Å². The Balaban J connectivity index is 1.37. The van der Waals surface area contributed by atoms with E-state index in [1.165, 1.54) is 44.1 Å². The summed E-state index contributed by atoms with van der Waals surface area (Å²) in [6, 6.07) is 8.50. The molecule has 4 rings (SSSR count). The monoisotopic (exact) mass is 373 g/mol. The number of hydrogen-bond acceptors (Lipinski definition) is 4. The Hall–Kier alpha value is -1.10. The van der Waals surface area contributed by atoms with Gasteiger partial charge in [-0.2, -0.15) is 0 Å². The van der Waals surface area contributed by atoms with E-state index in [0.29, 0.717) is 6.10 Å². The maximum atomic E-state index is 6.32. The average Bonchev–Trinajstić information content (AvgIpc) is 3.22. The third-order valence-electron chi connectivity index (χ3n) is 6.85. The Morgan fingerprint density at radius 1 is 1.11 bits per heavy atom. The van der Waals surface area contributed by atoms with Crippen molar-refractivity contribution in [2.75, 3.05) is 40.0 Å². The van der Waals surface area contributed by atoms with Gasteiger partial charge in [-0.15, -0.1) is 0 Å². The maximum absolute atomic E-state index is 6.32. The molecule has 0 aromatic heterocycles. The van der Waals surface area contributed by atoms with Gasteiger partial charge < -0.3 is 14.2 Å². The van der Waals surface area contributed by atoms with Gasteiger partial charge >= 0.3 is 0 Å². The van der Waals surface area contributed by atoms with E-state index in [9.17, 15) is 0 Å². The Bertz CT molecular complexity index is 584. The van der Waals surface area contributed by atoms with Crippen LogP contribution < -0.4 is 4.74 Å². The minimum Gasteiger partial charge on any atom is -0.497 e. The maximum Gasteiger partial charge on any atom is 0.118 e. The summed E-state index contributed by atoms with van der Waals surface area (Å²) < 4.78 is 17.8. The lowest BCUT2D eigenvalue weighted by molar-refractivity contribution is -0.155. The molecular formula is C23H35NO3. The van der Waals surface area contributed by atoms with Crippen LogP contribution in [0.3, 0.4) is 0 Å². The zero-order chi connectivity index (χ0) is 18.5. The van der Waals surface area contributed by atoms with Crippen molar-refractivity contribution in [1.82, 2.24) is 4.90 Å². The average molecular weight is 374 g/mol. The summed E-state index contributed by atoms with van der Waals surface area (Å²) in [6.45, 7) is 5.95. The Morgan fingerprint density at radius 3 is 2.70 bits per heavy atom. The Labute approximate surface area is 164 Å². The Kier molecular flexibility index (Phi) is 6.36. The summed E-state index contributed by atoms with van der Waals surface area (Å²) in [5, 5.41) is 0. The van der Waals surface area contributed by atoms with Crippen molar-refractivity contribution < 1.29 is 14.2 Å². The molecule has 1 aromatic carbocycles. The zero-order valence-corrected chi connectivity index (χ0v) is 16.8. The molecule has 2 atom stereocenters. The molecule has 4 heteroatoms. The summed E-state index contributed by atoms with van der Waals surface area (Å²) in [6.07, 6.45) is 9.40. The second-order valence-electron chi connectivity index (χ2n) is 8.84. The third-order valence-corrected chi connectivity index (χ3v) is 6.85. The molecule has 1 saturated carbocycles. The normalized spacial score (nSPS) is 29.6. The van der Waals surface area contributed by atoms with Crippen LogP contribution in [0.5, 0.6) is 5.75 Å². The summed E-state index contributed by atoms with van der Waals surface area (Å²) in [5.74, 6) is 1.72. The van der Waals surface area contributed by atoms with Gasteiger partial charge in [0.15, 0.2) is 0 Å². The molecule has 1 aromatic rings. The minimum absolute atomic E-state index is 0.182. The van der Waals surface area contributed by atoms with Crippen LogP contribution in [-0.2, 0) is 16.0 Å². The van der Waals surface area contributed by atoms with E-state index in [0.717, 1.165) is 57.5 Å². The van der Waals surface area contributed by atoms with Gasteiger partial charge in [-0.3, -0.25) is 4.90 Å². The second kappa shape index (κ2) is 8.93. The van der Waals surface area contributed by atoms with Crippen LogP contribution in [-0.4, -0.2) is 51.0 Å². The quantitative estimate of drug-likeness (QED) is 0.714. The smallest absolute Gasteiger partial charge is 0.118 e. The molecule has 0 amide bonds. The zero-order valence-electron chi connectivity index (χ0n) is 16.8. The van der Waals surface area contributed by atoms with Crippen molar-refractivity contribution in [1.29, 1.82) is 0 Å². The van der Waals surface area contributed by atoms with Gasteiger partial charge in [0.1, 0.15) is 5.75 Å². The predicted octanol–water partition coefficient (Wildman–Crippen LogP) is 4.27. The van der Waals surface area contributed by atoms with Gasteiger partial charge in [0, 0.05) is 38.3 Å². The highest BCUT2D eigenvalue weighted by Gasteiger charge is 2.46. The van der Waals surface area contributed by atoms with Gasteiger partial charge in [-0.05, 0) is 55.7 Å². The lowest BCUT2D eigenvalue weighted by Gasteiger charge is -2.50. The van der Waals surface area contributed by atoms with Gasteiger partial charge in [-0.25, -0.2) is 0 Å². The highest BCUT2D eigenvalue weighted by atomic mass is 16.5. The number of methoxy groups -OCH3 is 1. The standard InChI is InChI=1S/C23H35NO3/c1-25-21-9-7-19(8-10-21)15-24-13-11-22-23(17-24,12-4-14-27-22)18-26-16-20-5-2-3-6-20/h7-10,20,22H,2-6,11-18H2,1H3/t22-,23-/m1/s1. The summed E-state index contributed by atoms with van der Waals surface area (Å²) in [7, 11) is 1.72. The fourth-order valence-corrected chi connectivity index (χ4v) is 5.32. The second-order valence-corrected chi connectivity index (χ2v) is 8.84. The van der Waals surface area contributed by atoms with Crippen molar-refractivity contribution in [2.45, 2.75) is 57.6 Å². The highest BCUT2D eigenvalue weighted by Crippen LogP contribution is 2.41. The van der Waals surface area contributed by atoms with Gasteiger partial charge in [-0.1, -0.05) is 25.0 Å². The topological polar surface area (TPSA) is 30.9 Å². The molecule has 0 N–H and O–H groups in total. The SMILES string of the molecule is COc1ccc(CN2CC[C@H]3OCCC[C@]3(COCC3CCCC3)C2)cc1. The van der Waals surface area contributed by atoms with Crippen molar-refractivity contribution in [2.24, 2.45) is 11.3 Å². The molecule has 0 unspecified atom stereocenters. The number of rotatable bonds is 7. The lowest BCUT2D eigenvalue weighted by Crippen LogP contribution is -2.56. The fourth-order valence-electron chi connectivity index (χ4n) is 5.32. The van der Waals surface area contributed by atoms with E-state index in [2.05, 4.69) is 29.2 Å². The first-order valence-corrected chi connectivity index (χ1v) is 10.8. The lowest BCUT2D eigenvalue weighted by atomic mass is 9.73. The van der Waals surface area contributed by atoms with Crippen molar-refractivity contribution in [3.8, 4) is 5.75 Å². The van der Waals surface area contributed by atoms with E-state index < -0.39 is 0 Å². The number of ether oxygens (including phenoxy) is 3. The highest BCUT2D eigenvalue weighted by molar-refractivity contribution is 5.27. The summed E-state index contributed by atoms with van der Waals surface area (Å²) in [4.78, 5) is 2.60. The van der Waals surface area contributed by atoms with E-state index in [4.69, 9.17) is 14.2 Å². The van der Waals surface area contributed by atoms with Crippen LogP contribution >= 0.6 is 0 Å². The van der Waals surface area contributed by atoms with Crippen LogP contribution in [0, 0.1) is 11.3 Å². The van der Waals surface area contributed by atoms with Gasteiger partial charge in [0.05, 0.1) is 19.8 Å². The van der Waals surface area contributed by atoms with Crippen molar-refractivity contribution in [3.05, 3.63) is 29.8 Å². The summed E-state index contributed by atoms with van der Waals surface area (Å²) in [5.41, 5.74) is 1.54. The third kappa shape index (κ3) is 4.67. The van der Waals surface area contributed by atoms with Gasteiger partial charge in [0.2, 0.25) is 0 Å². The molecule has 27 heavy (non-hydrogen) atoms. The molecule has 2 aliphatic heterocycles. The van der Waals surface area contributed by atoms with Crippen LogP contribution in [0.1, 0.15) is 50.5 Å². The molecule has 1 aliphatic carbocycles. The first-order chi connectivity index (χ1) is 13.3. The van der Waals surface area contributed by atoms with Crippen molar-refractivity contribution >= 4 is 0 Å². The van der Waals surface area contributed by atoms with E-state index in [1.807, 2.05) is 0 Å². The molecule has 0 spiro atoms. The Morgan fingerprint density at radius 2 is 1.93 bits per heavy atom. The van der Waals surface area contributed by atoms with E-state index in [1.54, 1.807) is 7.11 Å². The summed E-state index contributed by atoms with van der Waals surface area (Å²) >= 11 is 0. The molecule has 4 nitrogen and oxygen atoms in total. The number of likely N-dealkylation sites (tertiary alicyclic amines) is 1. The largest absolute Gasteiger partial charge is 0.497 e. The number of hydrogen-bond donors (Lipinski definition) is 0. The molecule has 2 heterocycles. The molecule has 2 saturated heterocycles. The van der Waals surface area contributed by atoms with E-state index >= 15 is 0 Å². The first kappa shape index (κ1) is 19.2. The number of piperidine rings is 1. The number of nitrogens with zero attached hydrogens (tertiary/aromatic N) is 1. The molecule has 3 aliphatic rings. The molecule has 0 radical (unpaired) electrons. The fraction of sp³-hybridized carbons (Fsp3) is 0.739. The van der Waals surface area contributed by atoms with Crippen LogP contribution in [0.4, 0.5) is 0 Å². The molecule has 3 fully saturated rings. The van der Waals surface area contributed by atoms with Crippen molar-refractivity contribution in [3.63, 3.8) is 0 Å². The number of benzene rings is 1. The van der Waals surface area contributed by atoms with Crippen LogP contribution in [0.25, 0.3) is 0 Å². The van der Waals surface area contributed by atoms with E-state index in [-0.39, 0.29) is 5.41 Å². The first-order valence-electron chi connectivity index (χ1n) is 10.8. The number of fused-ring (bicyclic) bond motifs is 1. The predicted molar refractivity (Wildman–Crippen MR) is 107 cm³/mol.